The van der Waals surface area contributed by atoms with E-state index in [1.165, 1.54) is 5.69 Å². The zero-order chi connectivity index (χ0) is 19.5. The van der Waals surface area contributed by atoms with Crippen molar-refractivity contribution in [2.75, 3.05) is 12.1 Å². The predicted octanol–water partition coefficient (Wildman–Crippen LogP) is 4.86. The molecule has 3 aromatic rings. The lowest BCUT2D eigenvalue weighted by atomic mass is 9.92. The van der Waals surface area contributed by atoms with E-state index in [1.54, 1.807) is 0 Å². The van der Waals surface area contributed by atoms with Gasteiger partial charge < -0.3 is 19.8 Å². The number of benzene rings is 2. The van der Waals surface area contributed by atoms with Crippen molar-refractivity contribution in [2.45, 2.75) is 44.4 Å². The summed E-state index contributed by atoms with van der Waals surface area (Å²) < 4.78 is 10.9. The van der Waals surface area contributed by atoms with Crippen LogP contribution in [0.25, 0.3) is 10.9 Å². The van der Waals surface area contributed by atoms with Crippen LogP contribution in [-0.4, -0.2) is 17.7 Å². The zero-order valence-electron chi connectivity index (χ0n) is 16.4. The summed E-state index contributed by atoms with van der Waals surface area (Å²) in [6, 6.07) is 14.0. The summed E-state index contributed by atoms with van der Waals surface area (Å²) in [5.41, 5.74) is 3.67. The van der Waals surface area contributed by atoms with Crippen LogP contribution in [0.4, 0.5) is 5.69 Å². The third kappa shape index (κ3) is 2.73. The van der Waals surface area contributed by atoms with Gasteiger partial charge in [-0.2, -0.15) is 0 Å². The van der Waals surface area contributed by atoms with Crippen LogP contribution in [0.3, 0.4) is 0 Å². The summed E-state index contributed by atoms with van der Waals surface area (Å²) in [4.78, 5) is 16.6. The summed E-state index contributed by atoms with van der Waals surface area (Å²) in [5.74, 6) is 1.50. The minimum atomic E-state index is -0.468. The van der Waals surface area contributed by atoms with Gasteiger partial charge in [0.1, 0.15) is 0 Å². The number of aromatic nitrogens is 1. The third-order valence-corrected chi connectivity index (χ3v) is 5.80. The van der Waals surface area contributed by atoms with E-state index in [9.17, 15) is 4.79 Å². The molecule has 2 aromatic carbocycles. The Hall–Kier alpha value is -2.95. The highest BCUT2D eigenvalue weighted by Crippen LogP contribution is 2.51. The Morgan fingerprint density at radius 3 is 2.57 bits per heavy atom. The number of anilines is 1. The van der Waals surface area contributed by atoms with Crippen LogP contribution in [0, 0.1) is 0 Å². The molecule has 5 heteroatoms. The van der Waals surface area contributed by atoms with Gasteiger partial charge >= 0.3 is 0 Å². The minimum Gasteiger partial charge on any atom is -0.454 e. The first-order chi connectivity index (χ1) is 13.3. The molecule has 144 valence electrons. The molecule has 2 N–H and O–H groups in total. The second-order valence-corrected chi connectivity index (χ2v) is 8.84. The molecular formula is C23H24N2O3. The molecule has 1 aromatic heterocycles. The summed E-state index contributed by atoms with van der Waals surface area (Å²) in [6.45, 7) is 6.79. The van der Waals surface area contributed by atoms with Crippen molar-refractivity contribution < 1.29 is 14.3 Å². The molecule has 0 bridgehead atoms. The van der Waals surface area contributed by atoms with Crippen molar-refractivity contribution in [1.29, 1.82) is 0 Å². The van der Waals surface area contributed by atoms with Crippen LogP contribution in [0.5, 0.6) is 11.5 Å². The molecule has 0 saturated heterocycles. The van der Waals surface area contributed by atoms with Gasteiger partial charge in [0.2, 0.25) is 12.7 Å². The fourth-order valence-electron chi connectivity index (χ4n) is 3.83. The normalized spacial score (nSPS) is 17.0. The zero-order valence-corrected chi connectivity index (χ0v) is 16.4. The van der Waals surface area contributed by atoms with Gasteiger partial charge in [-0.1, -0.05) is 26.8 Å². The van der Waals surface area contributed by atoms with Gasteiger partial charge in [-0.15, -0.1) is 0 Å². The summed E-state index contributed by atoms with van der Waals surface area (Å²) in [6.07, 6.45) is 1.69. The highest BCUT2D eigenvalue weighted by atomic mass is 16.7. The smallest absolute Gasteiger partial charge is 0.235 e. The van der Waals surface area contributed by atoms with E-state index in [1.807, 2.05) is 36.4 Å². The number of carbonyl (C=O) groups excluding carboxylic acids is 1. The first-order valence-corrected chi connectivity index (χ1v) is 9.70. The Morgan fingerprint density at radius 1 is 1.04 bits per heavy atom. The van der Waals surface area contributed by atoms with Gasteiger partial charge in [0, 0.05) is 27.7 Å². The maximum atomic E-state index is 13.1. The van der Waals surface area contributed by atoms with E-state index in [-0.39, 0.29) is 18.1 Å². The number of H-pyrrole nitrogens is 1. The summed E-state index contributed by atoms with van der Waals surface area (Å²) in [5, 5.41) is 4.23. The number of hydrogen-bond acceptors (Lipinski definition) is 3. The molecule has 5 nitrogen and oxygen atoms in total. The van der Waals surface area contributed by atoms with Crippen LogP contribution < -0.4 is 14.8 Å². The van der Waals surface area contributed by atoms with Crippen molar-refractivity contribution in [1.82, 2.24) is 4.98 Å². The van der Waals surface area contributed by atoms with Gasteiger partial charge in [0.05, 0.1) is 5.41 Å². The van der Waals surface area contributed by atoms with Gasteiger partial charge in [-0.05, 0) is 54.8 Å². The Balaban J connectivity index is 1.40. The summed E-state index contributed by atoms with van der Waals surface area (Å²) >= 11 is 0. The number of ether oxygens (including phenoxy) is 2. The van der Waals surface area contributed by atoms with E-state index in [2.05, 4.69) is 37.1 Å². The highest BCUT2D eigenvalue weighted by molar-refractivity contribution is 6.02. The SMILES string of the molecule is CC(C)(C)c1cc2cc(NC(=O)C3(c4ccc5c(c4)OCO5)CC3)ccc2[nH]1. The Morgan fingerprint density at radius 2 is 1.82 bits per heavy atom. The van der Waals surface area contributed by atoms with Crippen LogP contribution in [0.15, 0.2) is 42.5 Å². The molecular weight excluding hydrogens is 352 g/mol. The van der Waals surface area contributed by atoms with Gasteiger partial charge in [0.15, 0.2) is 11.5 Å². The van der Waals surface area contributed by atoms with Crippen LogP contribution in [-0.2, 0) is 15.6 Å². The molecule has 1 aliphatic carbocycles. The van der Waals surface area contributed by atoms with Gasteiger partial charge in [-0.3, -0.25) is 4.79 Å². The highest BCUT2D eigenvalue weighted by Gasteiger charge is 2.51. The number of fused-ring (bicyclic) bond motifs is 2. The predicted molar refractivity (Wildman–Crippen MR) is 109 cm³/mol. The first kappa shape index (κ1) is 17.2. The topological polar surface area (TPSA) is 63.4 Å². The number of carbonyl (C=O) groups is 1. The molecule has 2 aliphatic rings. The fourth-order valence-corrected chi connectivity index (χ4v) is 3.83. The number of nitrogens with one attached hydrogen (secondary N) is 2. The minimum absolute atomic E-state index is 0.0392. The van der Waals surface area contributed by atoms with Crippen LogP contribution in [0.2, 0.25) is 0 Å². The molecule has 5 rings (SSSR count). The number of amides is 1. The largest absolute Gasteiger partial charge is 0.454 e. The standard InChI is InChI=1S/C23H24N2O3/c1-22(2,3)20-11-14-10-16(5-6-17(14)25-20)24-21(26)23(8-9-23)15-4-7-18-19(12-15)28-13-27-18/h4-7,10-12,25H,8-9,13H2,1-3H3,(H,24,26). The van der Waals surface area contributed by atoms with Crippen molar-refractivity contribution in [2.24, 2.45) is 0 Å². The molecule has 2 heterocycles. The second-order valence-electron chi connectivity index (χ2n) is 8.84. The molecule has 28 heavy (non-hydrogen) atoms. The maximum Gasteiger partial charge on any atom is 0.235 e. The van der Waals surface area contributed by atoms with E-state index in [0.717, 1.165) is 46.5 Å². The van der Waals surface area contributed by atoms with Crippen molar-refractivity contribution >= 4 is 22.5 Å². The van der Waals surface area contributed by atoms with Crippen molar-refractivity contribution in [3.8, 4) is 11.5 Å². The Bertz CT molecular complexity index is 1090. The fraction of sp³-hybridized carbons (Fsp3) is 0.348. The average Bonchev–Trinajstić information content (AvgIpc) is 3.13. The first-order valence-electron chi connectivity index (χ1n) is 9.70. The van der Waals surface area contributed by atoms with Crippen LogP contribution in [0.1, 0.15) is 44.9 Å². The number of hydrogen-bond donors (Lipinski definition) is 2. The molecule has 1 amide bonds. The van der Waals surface area contributed by atoms with Crippen LogP contribution >= 0.6 is 0 Å². The monoisotopic (exact) mass is 376 g/mol. The maximum absolute atomic E-state index is 13.1. The quantitative estimate of drug-likeness (QED) is 0.686. The molecule has 1 aliphatic heterocycles. The second kappa shape index (κ2) is 5.77. The molecule has 0 atom stereocenters. The van der Waals surface area contributed by atoms with E-state index >= 15 is 0 Å². The van der Waals surface area contributed by atoms with Crippen molar-refractivity contribution in [3.05, 3.63) is 53.7 Å². The molecule has 1 fully saturated rings. The molecule has 0 radical (unpaired) electrons. The van der Waals surface area contributed by atoms with E-state index in [4.69, 9.17) is 9.47 Å². The molecule has 0 unspecified atom stereocenters. The lowest BCUT2D eigenvalue weighted by molar-refractivity contribution is -0.118. The van der Waals surface area contributed by atoms with Crippen molar-refractivity contribution in [3.63, 3.8) is 0 Å². The molecule has 0 spiro atoms. The lowest BCUT2D eigenvalue weighted by Gasteiger charge is -2.16. The van der Waals surface area contributed by atoms with Gasteiger partial charge in [0.25, 0.3) is 0 Å². The third-order valence-electron chi connectivity index (χ3n) is 5.80. The van der Waals surface area contributed by atoms with Gasteiger partial charge in [-0.25, -0.2) is 0 Å². The summed E-state index contributed by atoms with van der Waals surface area (Å²) in [7, 11) is 0. The number of rotatable bonds is 3. The van der Waals surface area contributed by atoms with E-state index in [0.29, 0.717) is 0 Å². The van der Waals surface area contributed by atoms with E-state index < -0.39 is 5.41 Å². The number of aromatic amines is 1. The molecule has 1 saturated carbocycles. The average molecular weight is 376 g/mol. The lowest BCUT2D eigenvalue weighted by Crippen LogP contribution is -2.27. The Labute approximate surface area is 164 Å². The Kier molecular flexibility index (Phi) is 3.54.